The molecule has 0 bridgehead atoms. The van der Waals surface area contributed by atoms with Crippen molar-refractivity contribution in [1.29, 1.82) is 0 Å². The molecule has 160 valence electrons. The Kier molecular flexibility index (Phi) is 12.9. The summed E-state index contributed by atoms with van der Waals surface area (Å²) in [5.41, 5.74) is 7.60. The van der Waals surface area contributed by atoms with E-state index in [1.54, 1.807) is 0 Å². The fraction of sp³-hybridized carbons (Fsp3) is 0.600. The molecule has 1 heterocycles. The van der Waals surface area contributed by atoms with Crippen molar-refractivity contribution in [3.05, 3.63) is 24.3 Å². The van der Waals surface area contributed by atoms with E-state index in [0.717, 1.165) is 30.9 Å². The highest BCUT2D eigenvalue weighted by molar-refractivity contribution is 5.97. The van der Waals surface area contributed by atoms with E-state index in [1.807, 2.05) is 32.0 Å². The highest BCUT2D eigenvalue weighted by atomic mass is 35.5. The molecule has 1 aliphatic heterocycles. The summed E-state index contributed by atoms with van der Waals surface area (Å²) < 4.78 is 0. The second-order valence-electron chi connectivity index (χ2n) is 7.16. The van der Waals surface area contributed by atoms with Gasteiger partial charge in [-0.2, -0.15) is 0 Å². The number of benzene rings is 1. The zero-order chi connectivity index (χ0) is 18.9. The van der Waals surface area contributed by atoms with Gasteiger partial charge in [-0.15, -0.1) is 24.8 Å². The van der Waals surface area contributed by atoms with Gasteiger partial charge in [-0.1, -0.05) is 19.4 Å². The Labute approximate surface area is 180 Å². The molecule has 8 heteroatoms. The first-order valence-corrected chi connectivity index (χ1v) is 9.70. The van der Waals surface area contributed by atoms with E-state index in [2.05, 4.69) is 21.6 Å². The number of hydrogen-bond donors (Lipinski definition) is 3. The average Bonchev–Trinajstić information content (AvgIpc) is 3.14. The first-order valence-electron chi connectivity index (χ1n) is 9.70. The molecule has 1 aromatic rings. The summed E-state index contributed by atoms with van der Waals surface area (Å²) in [4.78, 5) is 27.0. The number of nitrogens with two attached hydrogens (primary N) is 1. The van der Waals surface area contributed by atoms with Crippen LogP contribution in [0.15, 0.2) is 24.3 Å². The molecule has 1 aliphatic rings. The molecule has 2 amide bonds. The van der Waals surface area contributed by atoms with Crippen LogP contribution >= 0.6 is 24.8 Å². The molecule has 0 spiro atoms. The van der Waals surface area contributed by atoms with E-state index in [0.29, 0.717) is 19.3 Å². The van der Waals surface area contributed by atoms with Gasteiger partial charge in [0.25, 0.3) is 0 Å². The van der Waals surface area contributed by atoms with Crippen LogP contribution in [0.4, 0.5) is 11.4 Å². The highest BCUT2D eigenvalue weighted by Crippen LogP contribution is 2.23. The second kappa shape index (κ2) is 13.6. The normalized spacial score (nSPS) is 15.0. The topological polar surface area (TPSA) is 87.5 Å². The first kappa shape index (κ1) is 26.5. The number of carbonyl (C=O) groups is 2. The largest absolute Gasteiger partial charge is 0.371 e. The van der Waals surface area contributed by atoms with Gasteiger partial charge >= 0.3 is 0 Å². The molecule has 28 heavy (non-hydrogen) atoms. The van der Waals surface area contributed by atoms with Gasteiger partial charge in [0.05, 0.1) is 0 Å². The molecule has 1 fully saturated rings. The van der Waals surface area contributed by atoms with Gasteiger partial charge in [0.15, 0.2) is 0 Å². The van der Waals surface area contributed by atoms with Crippen LogP contribution in [-0.4, -0.2) is 37.0 Å². The van der Waals surface area contributed by atoms with Crippen molar-refractivity contribution < 1.29 is 9.59 Å². The Morgan fingerprint density at radius 3 is 2.46 bits per heavy atom. The number of rotatable bonds is 9. The molecule has 0 radical (unpaired) electrons. The minimum absolute atomic E-state index is 0. The summed E-state index contributed by atoms with van der Waals surface area (Å²) in [6.07, 6.45) is 4.81. The van der Waals surface area contributed by atoms with Crippen LogP contribution in [0.3, 0.4) is 0 Å². The maximum absolute atomic E-state index is 12.6. The zero-order valence-corrected chi connectivity index (χ0v) is 18.4. The molecule has 0 aliphatic carbocycles. The molecule has 2 unspecified atom stereocenters. The number of nitrogens with one attached hydrogen (secondary N) is 2. The molecule has 2 atom stereocenters. The van der Waals surface area contributed by atoms with Gasteiger partial charge in [-0.3, -0.25) is 9.59 Å². The monoisotopic (exact) mass is 432 g/mol. The van der Waals surface area contributed by atoms with Gasteiger partial charge in [0, 0.05) is 36.9 Å². The third-order valence-electron chi connectivity index (χ3n) is 4.64. The van der Waals surface area contributed by atoms with Gasteiger partial charge < -0.3 is 21.3 Å². The van der Waals surface area contributed by atoms with Crippen molar-refractivity contribution in [1.82, 2.24) is 5.32 Å². The summed E-state index contributed by atoms with van der Waals surface area (Å²) in [5, 5.41) is 5.80. The second-order valence-corrected chi connectivity index (χ2v) is 7.16. The summed E-state index contributed by atoms with van der Waals surface area (Å²) in [6, 6.07) is 7.38. The first-order chi connectivity index (χ1) is 12.5. The predicted octanol–water partition coefficient (Wildman–Crippen LogP) is 3.48. The van der Waals surface area contributed by atoms with Crippen molar-refractivity contribution in [2.45, 2.75) is 64.5 Å². The van der Waals surface area contributed by atoms with Crippen molar-refractivity contribution in [2.24, 2.45) is 5.73 Å². The van der Waals surface area contributed by atoms with Crippen molar-refractivity contribution in [3.63, 3.8) is 0 Å². The third kappa shape index (κ3) is 8.67. The van der Waals surface area contributed by atoms with Crippen LogP contribution in [0.25, 0.3) is 0 Å². The van der Waals surface area contributed by atoms with Gasteiger partial charge in [-0.05, 0) is 50.8 Å². The Balaban J connectivity index is 0.00000364. The Morgan fingerprint density at radius 1 is 1.18 bits per heavy atom. The maximum Gasteiger partial charge on any atom is 0.246 e. The van der Waals surface area contributed by atoms with E-state index in [4.69, 9.17) is 5.73 Å². The third-order valence-corrected chi connectivity index (χ3v) is 4.64. The van der Waals surface area contributed by atoms with Gasteiger partial charge in [0.1, 0.15) is 6.04 Å². The fourth-order valence-electron chi connectivity index (χ4n) is 3.17. The molecule has 0 saturated carbocycles. The minimum atomic E-state index is -0.518. The Morgan fingerprint density at radius 2 is 1.86 bits per heavy atom. The van der Waals surface area contributed by atoms with Crippen LogP contribution in [0.2, 0.25) is 0 Å². The Bertz CT molecular complexity index is 608. The summed E-state index contributed by atoms with van der Waals surface area (Å²) in [7, 11) is 0. The van der Waals surface area contributed by atoms with Crippen LogP contribution in [0.1, 0.15) is 52.4 Å². The SMILES string of the molecule is CCCC(NC(=O)CCC(C)N)C(=O)Nc1cccc(N2CCCC2)c1.Cl.Cl. The standard InChI is InChI=1S/C20H32N4O2.2ClH/c1-3-7-18(23-19(25)11-10-15(2)21)20(26)22-16-8-6-9-17(14-16)24-12-4-5-13-24;;/h6,8-9,14-15,18H,3-5,7,10-13,21H2,1-2H3,(H,22,26)(H,23,25);2*1H. The lowest BCUT2D eigenvalue weighted by atomic mass is 10.1. The van der Waals surface area contributed by atoms with Crippen molar-refractivity contribution in [2.75, 3.05) is 23.3 Å². The lowest BCUT2D eigenvalue weighted by molar-refractivity contribution is -0.126. The number of halogens is 2. The lowest BCUT2D eigenvalue weighted by Crippen LogP contribution is -2.44. The maximum atomic E-state index is 12.6. The number of amides is 2. The summed E-state index contributed by atoms with van der Waals surface area (Å²) >= 11 is 0. The van der Waals surface area contributed by atoms with Crippen molar-refractivity contribution >= 4 is 48.0 Å². The van der Waals surface area contributed by atoms with E-state index in [-0.39, 0.29) is 42.7 Å². The van der Waals surface area contributed by atoms with E-state index >= 15 is 0 Å². The number of carbonyl (C=O) groups excluding carboxylic acids is 2. The van der Waals surface area contributed by atoms with Crippen LogP contribution in [0.5, 0.6) is 0 Å². The summed E-state index contributed by atoms with van der Waals surface area (Å²) in [6.45, 7) is 6.00. The fourth-order valence-corrected chi connectivity index (χ4v) is 3.17. The lowest BCUT2D eigenvalue weighted by Gasteiger charge is -2.20. The number of hydrogen-bond acceptors (Lipinski definition) is 4. The molecule has 0 aromatic heterocycles. The van der Waals surface area contributed by atoms with Crippen LogP contribution in [0, 0.1) is 0 Å². The summed E-state index contributed by atoms with van der Waals surface area (Å²) in [5.74, 6) is -0.290. The molecule has 1 saturated heterocycles. The highest BCUT2D eigenvalue weighted by Gasteiger charge is 2.20. The molecule has 4 N–H and O–H groups in total. The molecule has 1 aromatic carbocycles. The average molecular weight is 433 g/mol. The smallest absolute Gasteiger partial charge is 0.246 e. The number of nitrogens with zero attached hydrogens (tertiary/aromatic N) is 1. The predicted molar refractivity (Wildman–Crippen MR) is 121 cm³/mol. The molecular formula is C20H34Cl2N4O2. The van der Waals surface area contributed by atoms with Crippen molar-refractivity contribution in [3.8, 4) is 0 Å². The van der Waals surface area contributed by atoms with E-state index in [1.165, 1.54) is 12.8 Å². The molecular weight excluding hydrogens is 399 g/mol. The quantitative estimate of drug-likeness (QED) is 0.557. The zero-order valence-electron chi connectivity index (χ0n) is 16.8. The van der Waals surface area contributed by atoms with Crippen LogP contribution < -0.4 is 21.3 Å². The number of anilines is 2. The van der Waals surface area contributed by atoms with E-state index in [9.17, 15) is 9.59 Å². The van der Waals surface area contributed by atoms with Gasteiger partial charge in [-0.25, -0.2) is 0 Å². The Hall–Kier alpha value is -1.50. The van der Waals surface area contributed by atoms with E-state index < -0.39 is 6.04 Å². The van der Waals surface area contributed by atoms with Gasteiger partial charge in [0.2, 0.25) is 11.8 Å². The minimum Gasteiger partial charge on any atom is -0.371 e. The molecule has 6 nitrogen and oxygen atoms in total. The molecule has 2 rings (SSSR count). The van der Waals surface area contributed by atoms with Crippen LogP contribution in [-0.2, 0) is 9.59 Å².